The minimum Gasteiger partial charge on any atom is -0.387 e. The number of hydrogen-bond donors (Lipinski definition) is 7. The molecule has 2 rings (SSSR count). The Bertz CT molecular complexity index is 884. The van der Waals surface area contributed by atoms with E-state index in [0.717, 1.165) is 10.8 Å². The van der Waals surface area contributed by atoms with E-state index in [1.807, 2.05) is 5.32 Å². The second kappa shape index (κ2) is 8.92. The Kier molecular flexibility index (Phi) is 7.54. The molecule has 7 atom stereocenters. The highest BCUT2D eigenvalue weighted by molar-refractivity contribution is 7.66. The predicted octanol–water partition coefficient (Wildman–Crippen LogP) is -2.25. The highest BCUT2D eigenvalue weighted by atomic mass is 31.3. The molecule has 0 bridgehead atoms. The van der Waals surface area contributed by atoms with Gasteiger partial charge in [0.1, 0.15) is 24.2 Å². The number of nitrogens with zero attached hydrogens (tertiary/aromatic N) is 1. The molecule has 30 heavy (non-hydrogen) atoms. The number of phosphoric acid groups is 3. The van der Waals surface area contributed by atoms with Crippen LogP contribution in [0.2, 0.25) is 0 Å². The van der Waals surface area contributed by atoms with Crippen LogP contribution in [-0.4, -0.2) is 83.7 Å². The lowest BCUT2D eigenvalue weighted by molar-refractivity contribution is -0.536. The summed E-state index contributed by atoms with van der Waals surface area (Å²) in [7, 11) is -16.8. The Morgan fingerprint density at radius 3 is 2.23 bits per heavy atom. The SMILES string of the molecule is CC1C=[N+]([C@@H]2O[C@H](COP(=O)(O)OP(=O)(O)OP(=O)(O)O)C(O)[C@@H]2O)C(=O)NC1=O. The van der Waals surface area contributed by atoms with Gasteiger partial charge < -0.3 is 34.5 Å². The second-order valence-corrected chi connectivity index (χ2v) is 10.5. The summed E-state index contributed by atoms with van der Waals surface area (Å²) in [5.41, 5.74) is 0. The van der Waals surface area contributed by atoms with Crippen molar-refractivity contribution in [2.75, 3.05) is 6.61 Å². The van der Waals surface area contributed by atoms with E-state index in [1.165, 1.54) is 6.92 Å². The fourth-order valence-corrected chi connectivity index (χ4v) is 5.46. The molecule has 17 nitrogen and oxygen atoms in total. The van der Waals surface area contributed by atoms with Crippen molar-refractivity contribution in [2.24, 2.45) is 5.92 Å². The first-order chi connectivity index (χ1) is 13.5. The minimum atomic E-state index is -5.73. The third kappa shape index (κ3) is 6.55. The molecule has 0 saturated carbocycles. The number of rotatable bonds is 8. The lowest BCUT2D eigenvalue weighted by atomic mass is 10.1. The van der Waals surface area contributed by atoms with E-state index >= 15 is 0 Å². The van der Waals surface area contributed by atoms with E-state index in [9.17, 15) is 38.4 Å². The normalized spacial score (nSPS) is 34.1. The van der Waals surface area contributed by atoms with Crippen LogP contribution in [0.1, 0.15) is 6.92 Å². The zero-order chi connectivity index (χ0) is 23.1. The van der Waals surface area contributed by atoms with Gasteiger partial charge in [-0.1, -0.05) is 0 Å². The van der Waals surface area contributed by atoms with Crippen LogP contribution < -0.4 is 5.32 Å². The molecule has 2 heterocycles. The van der Waals surface area contributed by atoms with Gasteiger partial charge in [0.2, 0.25) is 6.23 Å². The van der Waals surface area contributed by atoms with Crippen molar-refractivity contribution in [3.05, 3.63) is 0 Å². The smallest absolute Gasteiger partial charge is 0.387 e. The summed E-state index contributed by atoms with van der Waals surface area (Å²) in [6, 6.07) is -0.970. The maximum absolute atomic E-state index is 11.9. The molecule has 0 spiro atoms. The lowest BCUT2D eigenvalue weighted by Gasteiger charge is -2.19. The molecule has 0 aliphatic carbocycles. The van der Waals surface area contributed by atoms with Gasteiger partial charge in [0.25, 0.3) is 0 Å². The van der Waals surface area contributed by atoms with Gasteiger partial charge in [-0.25, -0.2) is 18.5 Å². The van der Waals surface area contributed by atoms with Gasteiger partial charge in [-0.15, -0.1) is 0 Å². The molecule has 7 N–H and O–H groups in total. The average molecular weight is 499 g/mol. The van der Waals surface area contributed by atoms with Gasteiger partial charge in [-0.2, -0.15) is 23.3 Å². The van der Waals surface area contributed by atoms with E-state index in [2.05, 4.69) is 13.1 Å². The van der Waals surface area contributed by atoms with Crippen LogP contribution in [0.3, 0.4) is 0 Å². The molecule has 4 unspecified atom stereocenters. The van der Waals surface area contributed by atoms with Crippen molar-refractivity contribution in [1.29, 1.82) is 0 Å². The molecular weight excluding hydrogens is 481 g/mol. The summed E-state index contributed by atoms with van der Waals surface area (Å²) in [5.74, 6) is -1.40. The van der Waals surface area contributed by atoms with Crippen LogP contribution >= 0.6 is 23.5 Å². The first-order valence-corrected chi connectivity index (χ1v) is 12.3. The van der Waals surface area contributed by atoms with Crippen molar-refractivity contribution in [1.82, 2.24) is 5.32 Å². The Morgan fingerprint density at radius 1 is 1.07 bits per heavy atom. The van der Waals surface area contributed by atoms with Crippen molar-refractivity contribution >= 4 is 41.6 Å². The summed E-state index contributed by atoms with van der Waals surface area (Å²) in [5, 5.41) is 22.1. The predicted molar refractivity (Wildman–Crippen MR) is 89.5 cm³/mol. The summed E-state index contributed by atoms with van der Waals surface area (Å²) < 4.78 is 50.9. The number of amides is 3. The maximum atomic E-state index is 11.9. The number of aliphatic hydroxyl groups is 2. The molecule has 1 fully saturated rings. The number of ether oxygens (including phenoxy) is 1. The number of aliphatic hydroxyl groups excluding tert-OH is 2. The highest BCUT2D eigenvalue weighted by Gasteiger charge is 2.51. The van der Waals surface area contributed by atoms with Gasteiger partial charge >= 0.3 is 35.4 Å². The van der Waals surface area contributed by atoms with Crippen molar-refractivity contribution in [3.63, 3.8) is 0 Å². The fraction of sp³-hybridized carbons (Fsp3) is 0.700. The van der Waals surface area contributed by atoms with Crippen LogP contribution in [0.15, 0.2) is 0 Å². The Morgan fingerprint density at radius 2 is 1.67 bits per heavy atom. The number of imide groups is 1. The number of carbonyl (C=O) groups is 2. The zero-order valence-corrected chi connectivity index (χ0v) is 17.5. The van der Waals surface area contributed by atoms with Gasteiger partial charge in [-0.3, -0.25) is 4.52 Å². The quantitative estimate of drug-likeness (QED) is 0.137. The van der Waals surface area contributed by atoms with Crippen molar-refractivity contribution in [3.8, 4) is 0 Å². The number of urea groups is 1. The van der Waals surface area contributed by atoms with E-state index in [-0.39, 0.29) is 0 Å². The monoisotopic (exact) mass is 499 g/mol. The number of nitrogens with one attached hydrogen (secondary N) is 1. The van der Waals surface area contributed by atoms with E-state index < -0.39 is 72.5 Å². The van der Waals surface area contributed by atoms with Crippen molar-refractivity contribution < 1.29 is 75.5 Å². The summed E-state index contributed by atoms with van der Waals surface area (Å²) in [6.45, 7) is 0.391. The van der Waals surface area contributed by atoms with E-state index in [4.69, 9.17) is 19.4 Å². The van der Waals surface area contributed by atoms with Gasteiger partial charge in [0.05, 0.1) is 12.8 Å². The first kappa shape index (κ1) is 25.4. The molecule has 1 saturated heterocycles. The standard InChI is InChI=1S/C10H17N2O15P3/c1-4-2-12(10(16)11-8(4)15)9-7(14)6(13)5(25-9)3-24-29(20,21)27-30(22,23)26-28(17,18)19/h2,4-7,9,13-14H,3H2,1H3,(H4-,11,15,16,17,18,19,20,21,22,23)/p+1/t4?,5-,6?,7+,9-/m1/s1. The molecule has 0 radical (unpaired) electrons. The molecule has 0 aromatic carbocycles. The lowest BCUT2D eigenvalue weighted by Crippen LogP contribution is -2.53. The van der Waals surface area contributed by atoms with E-state index in [0.29, 0.717) is 0 Å². The molecule has 0 aromatic heterocycles. The van der Waals surface area contributed by atoms with Crippen LogP contribution in [-0.2, 0) is 36.4 Å². The third-order valence-electron chi connectivity index (χ3n) is 3.69. The Labute approximate surface area is 167 Å². The topological polar surface area (TPSA) is 259 Å². The summed E-state index contributed by atoms with van der Waals surface area (Å²) >= 11 is 0. The van der Waals surface area contributed by atoms with Gasteiger partial charge in [-0.05, 0) is 6.92 Å². The molecule has 172 valence electrons. The summed E-state index contributed by atoms with van der Waals surface area (Å²) in [4.78, 5) is 58.7. The van der Waals surface area contributed by atoms with Crippen LogP contribution in [0.25, 0.3) is 0 Å². The van der Waals surface area contributed by atoms with E-state index in [1.54, 1.807) is 0 Å². The largest absolute Gasteiger partial charge is 0.500 e. The fourth-order valence-electron chi connectivity index (χ4n) is 2.43. The second-order valence-electron chi connectivity index (χ2n) is 6.07. The summed E-state index contributed by atoms with van der Waals surface area (Å²) in [6.07, 6.45) is -5.50. The van der Waals surface area contributed by atoms with Crippen LogP contribution in [0.5, 0.6) is 0 Å². The Hall–Kier alpha value is -0.900. The number of carbonyl (C=O) groups excluding carboxylic acids is 2. The Balaban J connectivity index is 2.04. The average Bonchev–Trinajstić information content (AvgIpc) is 2.81. The highest BCUT2D eigenvalue weighted by Crippen LogP contribution is 2.66. The number of hydrogen-bond acceptors (Lipinski definition) is 11. The molecule has 2 aliphatic rings. The van der Waals surface area contributed by atoms with Gasteiger partial charge in [0.15, 0.2) is 0 Å². The molecule has 2 aliphatic heterocycles. The molecule has 0 aromatic rings. The molecule has 3 amide bonds. The van der Waals surface area contributed by atoms with Gasteiger partial charge in [0, 0.05) is 0 Å². The third-order valence-corrected chi connectivity index (χ3v) is 7.49. The van der Waals surface area contributed by atoms with Crippen molar-refractivity contribution in [2.45, 2.75) is 31.5 Å². The molecular formula is C10H18N2O15P3+. The van der Waals surface area contributed by atoms with Crippen LogP contribution in [0, 0.1) is 5.92 Å². The first-order valence-electron chi connectivity index (χ1n) is 7.79. The number of phosphoric ester groups is 1. The van der Waals surface area contributed by atoms with Crippen LogP contribution in [0.4, 0.5) is 4.79 Å². The minimum absolute atomic E-state index is 0.617. The zero-order valence-electron chi connectivity index (χ0n) is 14.8. The molecule has 20 heteroatoms. The maximum Gasteiger partial charge on any atom is 0.500 e.